The number of rotatable bonds is 8. The molecule has 0 radical (unpaired) electrons. The van der Waals surface area contributed by atoms with Crippen LogP contribution in [0.1, 0.15) is 31.7 Å². The minimum Gasteiger partial charge on any atom is -0.481 e. The first kappa shape index (κ1) is 17.3. The fourth-order valence-electron chi connectivity index (χ4n) is 2.28. The Morgan fingerprint density at radius 2 is 2.10 bits per heavy atom. The standard InChI is InChI=1S/C15H21Cl2NO2/c1-10(8-12(9-18)15(19)20)4-2-5-11-6-3-7-13(16)14(11)17/h3,6-7,10,12H,2,4-5,8-9,18H2,1H3,(H,19,20). The fraction of sp³-hybridized carbons (Fsp3) is 0.533. The van der Waals surface area contributed by atoms with Crippen molar-refractivity contribution in [3.05, 3.63) is 33.8 Å². The van der Waals surface area contributed by atoms with Crippen molar-refractivity contribution in [1.29, 1.82) is 0 Å². The van der Waals surface area contributed by atoms with E-state index in [1.165, 1.54) is 0 Å². The second-order valence-corrected chi connectivity index (χ2v) is 6.00. The zero-order chi connectivity index (χ0) is 15.1. The van der Waals surface area contributed by atoms with Crippen molar-refractivity contribution in [3.63, 3.8) is 0 Å². The highest BCUT2D eigenvalue weighted by molar-refractivity contribution is 6.42. The van der Waals surface area contributed by atoms with E-state index in [0.29, 0.717) is 22.4 Å². The Labute approximate surface area is 130 Å². The molecule has 3 nitrogen and oxygen atoms in total. The van der Waals surface area contributed by atoms with Gasteiger partial charge in [-0.05, 0) is 36.8 Å². The first-order valence-corrected chi connectivity index (χ1v) is 7.57. The van der Waals surface area contributed by atoms with E-state index in [2.05, 4.69) is 6.92 Å². The second kappa shape index (κ2) is 8.50. The van der Waals surface area contributed by atoms with Crippen molar-refractivity contribution >= 4 is 29.2 Å². The van der Waals surface area contributed by atoms with Gasteiger partial charge in [-0.2, -0.15) is 0 Å². The third-order valence-electron chi connectivity index (χ3n) is 3.50. The van der Waals surface area contributed by atoms with Crippen molar-refractivity contribution < 1.29 is 9.90 Å². The molecule has 0 amide bonds. The van der Waals surface area contributed by atoms with Gasteiger partial charge in [0.15, 0.2) is 0 Å². The average molecular weight is 318 g/mol. The SMILES string of the molecule is CC(CCCc1cccc(Cl)c1Cl)CC(CN)C(=O)O. The molecule has 0 aliphatic heterocycles. The summed E-state index contributed by atoms with van der Waals surface area (Å²) in [4.78, 5) is 10.9. The van der Waals surface area contributed by atoms with Gasteiger partial charge in [-0.1, -0.05) is 48.7 Å². The van der Waals surface area contributed by atoms with Gasteiger partial charge < -0.3 is 10.8 Å². The molecule has 1 rings (SSSR count). The highest BCUT2D eigenvalue weighted by atomic mass is 35.5. The zero-order valence-corrected chi connectivity index (χ0v) is 13.1. The summed E-state index contributed by atoms with van der Waals surface area (Å²) in [6, 6.07) is 5.63. The van der Waals surface area contributed by atoms with Crippen LogP contribution < -0.4 is 5.73 Å². The predicted molar refractivity (Wildman–Crippen MR) is 83.4 cm³/mol. The molecule has 2 atom stereocenters. The number of halogens is 2. The lowest BCUT2D eigenvalue weighted by Crippen LogP contribution is -2.25. The number of hydrogen-bond acceptors (Lipinski definition) is 2. The molecule has 1 aromatic rings. The summed E-state index contributed by atoms with van der Waals surface area (Å²) < 4.78 is 0. The van der Waals surface area contributed by atoms with E-state index in [4.69, 9.17) is 34.0 Å². The Kier molecular flexibility index (Phi) is 7.35. The molecular weight excluding hydrogens is 297 g/mol. The van der Waals surface area contributed by atoms with Gasteiger partial charge in [0.25, 0.3) is 0 Å². The van der Waals surface area contributed by atoms with Crippen LogP contribution in [-0.2, 0) is 11.2 Å². The van der Waals surface area contributed by atoms with Crippen LogP contribution in [0.3, 0.4) is 0 Å². The molecular formula is C15H21Cl2NO2. The predicted octanol–water partition coefficient (Wildman–Crippen LogP) is 4.00. The Morgan fingerprint density at radius 3 is 2.70 bits per heavy atom. The molecule has 3 N–H and O–H groups in total. The molecule has 0 aliphatic carbocycles. The fourth-order valence-corrected chi connectivity index (χ4v) is 2.70. The molecule has 1 aromatic carbocycles. The Hall–Kier alpha value is -0.770. The molecule has 5 heteroatoms. The van der Waals surface area contributed by atoms with Gasteiger partial charge in [0.05, 0.1) is 16.0 Å². The maximum Gasteiger partial charge on any atom is 0.307 e. The molecule has 0 heterocycles. The van der Waals surface area contributed by atoms with E-state index < -0.39 is 11.9 Å². The van der Waals surface area contributed by atoms with Gasteiger partial charge in [-0.25, -0.2) is 0 Å². The largest absolute Gasteiger partial charge is 0.481 e. The minimum atomic E-state index is -0.808. The van der Waals surface area contributed by atoms with Crippen LogP contribution in [0, 0.1) is 11.8 Å². The maximum absolute atomic E-state index is 10.9. The molecule has 2 unspecified atom stereocenters. The Bertz CT molecular complexity index is 451. The van der Waals surface area contributed by atoms with E-state index in [9.17, 15) is 4.79 Å². The number of carboxylic acid groups (broad SMARTS) is 1. The van der Waals surface area contributed by atoms with Crippen LogP contribution >= 0.6 is 23.2 Å². The number of nitrogens with two attached hydrogens (primary N) is 1. The minimum absolute atomic E-state index is 0.194. The summed E-state index contributed by atoms with van der Waals surface area (Å²) >= 11 is 12.1. The van der Waals surface area contributed by atoms with Crippen molar-refractivity contribution in [1.82, 2.24) is 0 Å². The lowest BCUT2D eigenvalue weighted by atomic mass is 9.91. The van der Waals surface area contributed by atoms with Crippen LogP contribution in [0.4, 0.5) is 0 Å². The van der Waals surface area contributed by atoms with Gasteiger partial charge in [0.2, 0.25) is 0 Å². The van der Waals surface area contributed by atoms with E-state index in [-0.39, 0.29) is 6.54 Å². The second-order valence-electron chi connectivity index (χ2n) is 5.22. The summed E-state index contributed by atoms with van der Waals surface area (Å²) in [6.07, 6.45) is 3.38. The van der Waals surface area contributed by atoms with Crippen LogP contribution in [0.25, 0.3) is 0 Å². The van der Waals surface area contributed by atoms with Gasteiger partial charge in [0, 0.05) is 6.54 Å². The monoisotopic (exact) mass is 317 g/mol. The van der Waals surface area contributed by atoms with Gasteiger partial charge >= 0.3 is 5.97 Å². The molecule has 0 aliphatic rings. The molecule has 20 heavy (non-hydrogen) atoms. The number of aryl methyl sites for hydroxylation is 1. The summed E-state index contributed by atoms with van der Waals surface area (Å²) in [7, 11) is 0. The number of carboxylic acids is 1. The summed E-state index contributed by atoms with van der Waals surface area (Å²) in [6.45, 7) is 2.25. The molecule has 0 saturated carbocycles. The van der Waals surface area contributed by atoms with Gasteiger partial charge in [0.1, 0.15) is 0 Å². The van der Waals surface area contributed by atoms with E-state index >= 15 is 0 Å². The highest BCUT2D eigenvalue weighted by Gasteiger charge is 2.18. The molecule has 0 aromatic heterocycles. The number of hydrogen-bond donors (Lipinski definition) is 2. The van der Waals surface area contributed by atoms with Crippen molar-refractivity contribution in [2.24, 2.45) is 17.6 Å². The van der Waals surface area contributed by atoms with Gasteiger partial charge in [-0.3, -0.25) is 4.79 Å². The Balaban J connectivity index is 2.40. The summed E-state index contributed by atoms with van der Waals surface area (Å²) in [5.41, 5.74) is 6.51. The Morgan fingerprint density at radius 1 is 1.40 bits per heavy atom. The summed E-state index contributed by atoms with van der Waals surface area (Å²) in [5, 5.41) is 10.2. The number of aliphatic carboxylic acids is 1. The third kappa shape index (κ3) is 5.31. The molecule has 0 spiro atoms. The quantitative estimate of drug-likeness (QED) is 0.761. The smallest absolute Gasteiger partial charge is 0.307 e. The van der Waals surface area contributed by atoms with Crippen molar-refractivity contribution in [2.75, 3.05) is 6.54 Å². The van der Waals surface area contributed by atoms with Crippen LogP contribution in [0.15, 0.2) is 18.2 Å². The third-order valence-corrected chi connectivity index (χ3v) is 4.35. The normalized spacial score (nSPS) is 14.0. The lowest BCUT2D eigenvalue weighted by Gasteiger charge is -2.16. The van der Waals surface area contributed by atoms with Gasteiger partial charge in [-0.15, -0.1) is 0 Å². The van der Waals surface area contributed by atoms with E-state index in [1.807, 2.05) is 12.1 Å². The first-order chi connectivity index (χ1) is 9.45. The molecule has 0 bridgehead atoms. The molecule has 112 valence electrons. The first-order valence-electron chi connectivity index (χ1n) is 6.81. The molecule has 0 fully saturated rings. The molecule has 0 saturated heterocycles. The number of carbonyl (C=O) groups is 1. The van der Waals surface area contributed by atoms with Crippen LogP contribution in [0.2, 0.25) is 10.0 Å². The topological polar surface area (TPSA) is 63.3 Å². The zero-order valence-electron chi connectivity index (χ0n) is 11.6. The van der Waals surface area contributed by atoms with Crippen molar-refractivity contribution in [2.45, 2.75) is 32.6 Å². The van der Waals surface area contributed by atoms with E-state index in [1.54, 1.807) is 6.07 Å². The lowest BCUT2D eigenvalue weighted by molar-refractivity contribution is -0.141. The van der Waals surface area contributed by atoms with Crippen LogP contribution in [0.5, 0.6) is 0 Å². The highest BCUT2D eigenvalue weighted by Crippen LogP contribution is 2.27. The van der Waals surface area contributed by atoms with Crippen LogP contribution in [-0.4, -0.2) is 17.6 Å². The van der Waals surface area contributed by atoms with Crippen molar-refractivity contribution in [3.8, 4) is 0 Å². The summed E-state index contributed by atoms with van der Waals surface area (Å²) in [5.74, 6) is -0.922. The van der Waals surface area contributed by atoms with E-state index in [0.717, 1.165) is 24.8 Å². The maximum atomic E-state index is 10.9. The average Bonchev–Trinajstić information content (AvgIpc) is 2.40. The number of benzene rings is 1.